The maximum Gasteiger partial charge on any atom is 0.214 e. The number of rotatable bonds is 9. The van der Waals surface area contributed by atoms with Crippen molar-refractivity contribution in [1.29, 1.82) is 0 Å². The summed E-state index contributed by atoms with van der Waals surface area (Å²) in [6.45, 7) is 3.00. The molecule has 0 aliphatic carbocycles. The van der Waals surface area contributed by atoms with Crippen LogP contribution in [-0.4, -0.2) is 21.5 Å². The molecule has 6 nitrogen and oxygen atoms in total. The molecule has 0 fully saturated rings. The molecule has 0 atom stereocenters. The van der Waals surface area contributed by atoms with Gasteiger partial charge in [0.15, 0.2) is 17.3 Å². The van der Waals surface area contributed by atoms with Crippen LogP contribution in [0.3, 0.4) is 0 Å². The molecular weight excluding hydrogens is 463 g/mol. The summed E-state index contributed by atoms with van der Waals surface area (Å²) in [6.07, 6.45) is 0. The highest BCUT2D eigenvalue weighted by atomic mass is 35.5. The Bertz CT molecular complexity index is 1280. The van der Waals surface area contributed by atoms with Crippen LogP contribution < -0.4 is 14.9 Å². The Morgan fingerprint density at radius 1 is 1.06 bits per heavy atom. The SMILES string of the molecule is CCOc1cc(CNn2c(-c3ccccc3)n[nH]c2=S)c(Cl)cc1OCc1ccc(F)cc1. The van der Waals surface area contributed by atoms with Crippen molar-refractivity contribution >= 4 is 23.8 Å². The maximum atomic E-state index is 13.1. The van der Waals surface area contributed by atoms with E-state index in [1.54, 1.807) is 22.9 Å². The molecule has 170 valence electrons. The number of nitrogens with zero attached hydrogens (tertiary/aromatic N) is 2. The number of hydrogen-bond donors (Lipinski definition) is 2. The van der Waals surface area contributed by atoms with Gasteiger partial charge < -0.3 is 14.9 Å². The highest BCUT2D eigenvalue weighted by molar-refractivity contribution is 7.71. The first-order chi connectivity index (χ1) is 16.0. The Balaban J connectivity index is 1.53. The van der Waals surface area contributed by atoms with Crippen molar-refractivity contribution in [3.63, 3.8) is 0 Å². The maximum absolute atomic E-state index is 13.1. The van der Waals surface area contributed by atoms with E-state index < -0.39 is 0 Å². The topological polar surface area (TPSA) is 64.1 Å². The van der Waals surface area contributed by atoms with Gasteiger partial charge in [0.05, 0.1) is 13.2 Å². The van der Waals surface area contributed by atoms with Gasteiger partial charge in [-0.15, -0.1) is 0 Å². The minimum absolute atomic E-state index is 0.263. The fraction of sp³-hybridized carbons (Fsp3) is 0.167. The number of ether oxygens (including phenoxy) is 2. The zero-order valence-electron chi connectivity index (χ0n) is 17.8. The van der Waals surface area contributed by atoms with Crippen molar-refractivity contribution in [3.8, 4) is 22.9 Å². The Morgan fingerprint density at radius 2 is 1.79 bits per heavy atom. The van der Waals surface area contributed by atoms with E-state index in [4.69, 9.17) is 33.3 Å². The third kappa shape index (κ3) is 5.53. The summed E-state index contributed by atoms with van der Waals surface area (Å²) in [5.41, 5.74) is 5.83. The molecule has 0 amide bonds. The Hall–Kier alpha value is -3.36. The monoisotopic (exact) mass is 484 g/mol. The average Bonchev–Trinajstić information content (AvgIpc) is 3.20. The number of aromatic nitrogens is 3. The highest BCUT2D eigenvalue weighted by Crippen LogP contribution is 2.34. The number of hydrogen-bond acceptors (Lipinski definition) is 5. The van der Waals surface area contributed by atoms with Crippen LogP contribution in [-0.2, 0) is 13.2 Å². The lowest BCUT2D eigenvalue weighted by Crippen LogP contribution is -2.16. The summed E-state index contributed by atoms with van der Waals surface area (Å²) in [4.78, 5) is 0. The largest absolute Gasteiger partial charge is 0.490 e. The van der Waals surface area contributed by atoms with Crippen LogP contribution in [0.2, 0.25) is 5.02 Å². The lowest BCUT2D eigenvalue weighted by atomic mass is 10.2. The van der Waals surface area contributed by atoms with Gasteiger partial charge in [-0.2, -0.15) is 5.10 Å². The number of H-pyrrole nitrogens is 1. The number of aromatic amines is 1. The lowest BCUT2D eigenvalue weighted by molar-refractivity contribution is 0.269. The Kier molecular flexibility index (Phi) is 7.26. The van der Waals surface area contributed by atoms with Crippen LogP contribution in [0.4, 0.5) is 4.39 Å². The Morgan fingerprint density at radius 3 is 2.52 bits per heavy atom. The predicted octanol–water partition coefficient (Wildman–Crippen LogP) is 6.12. The van der Waals surface area contributed by atoms with Crippen molar-refractivity contribution in [2.45, 2.75) is 20.1 Å². The molecule has 4 rings (SSSR count). The molecule has 0 unspecified atom stereocenters. The fourth-order valence-electron chi connectivity index (χ4n) is 3.22. The molecule has 0 spiro atoms. The van der Waals surface area contributed by atoms with E-state index >= 15 is 0 Å². The van der Waals surface area contributed by atoms with Crippen LogP contribution in [0, 0.1) is 10.6 Å². The van der Waals surface area contributed by atoms with Gasteiger partial charge in [0.2, 0.25) is 4.77 Å². The van der Waals surface area contributed by atoms with Crippen molar-refractivity contribution in [2.24, 2.45) is 0 Å². The molecule has 0 radical (unpaired) electrons. The summed E-state index contributed by atoms with van der Waals surface area (Å²) >= 11 is 11.9. The molecule has 0 bridgehead atoms. The quantitative estimate of drug-likeness (QED) is 0.280. The Labute approximate surface area is 200 Å². The molecule has 0 aliphatic heterocycles. The van der Waals surface area contributed by atoms with Gasteiger partial charge >= 0.3 is 0 Å². The molecule has 1 aromatic heterocycles. The molecule has 33 heavy (non-hydrogen) atoms. The lowest BCUT2D eigenvalue weighted by Gasteiger charge is -2.16. The molecular formula is C24H22ClFN4O2S. The fourth-order valence-corrected chi connectivity index (χ4v) is 3.64. The molecule has 0 saturated heterocycles. The van der Waals surface area contributed by atoms with Gasteiger partial charge in [-0.05, 0) is 48.5 Å². The minimum Gasteiger partial charge on any atom is -0.490 e. The van der Waals surface area contributed by atoms with E-state index in [1.165, 1.54) is 12.1 Å². The summed E-state index contributed by atoms with van der Waals surface area (Å²) in [5, 5.41) is 7.65. The zero-order valence-corrected chi connectivity index (χ0v) is 19.4. The van der Waals surface area contributed by atoms with E-state index in [-0.39, 0.29) is 12.4 Å². The molecule has 9 heteroatoms. The van der Waals surface area contributed by atoms with Gasteiger partial charge in [-0.3, -0.25) is 0 Å². The number of halogens is 2. The average molecular weight is 485 g/mol. The van der Waals surface area contributed by atoms with E-state index in [0.717, 1.165) is 16.7 Å². The van der Waals surface area contributed by atoms with Crippen molar-refractivity contribution in [1.82, 2.24) is 14.9 Å². The second-order valence-electron chi connectivity index (χ2n) is 7.13. The molecule has 0 aliphatic rings. The van der Waals surface area contributed by atoms with Crippen LogP contribution in [0.25, 0.3) is 11.4 Å². The van der Waals surface area contributed by atoms with Gasteiger partial charge in [0, 0.05) is 16.7 Å². The number of benzene rings is 3. The molecule has 2 N–H and O–H groups in total. The summed E-state index contributed by atoms with van der Waals surface area (Å²) in [5.74, 6) is 1.46. The number of nitrogens with one attached hydrogen (secondary N) is 2. The first-order valence-corrected chi connectivity index (χ1v) is 11.1. The summed E-state index contributed by atoms with van der Waals surface area (Å²) in [7, 11) is 0. The van der Waals surface area contributed by atoms with Crippen LogP contribution in [0.1, 0.15) is 18.1 Å². The van der Waals surface area contributed by atoms with Crippen molar-refractivity contribution < 1.29 is 13.9 Å². The smallest absolute Gasteiger partial charge is 0.214 e. The summed E-state index contributed by atoms with van der Waals surface area (Å²) in [6, 6.07) is 19.4. The molecule has 1 heterocycles. The van der Waals surface area contributed by atoms with Gasteiger partial charge in [-0.1, -0.05) is 54.1 Å². The zero-order chi connectivity index (χ0) is 23.2. The summed E-state index contributed by atoms with van der Waals surface area (Å²) < 4.78 is 27.0. The van der Waals surface area contributed by atoms with Crippen molar-refractivity contribution in [2.75, 3.05) is 12.0 Å². The van der Waals surface area contributed by atoms with Crippen molar-refractivity contribution in [3.05, 3.63) is 93.5 Å². The van der Waals surface area contributed by atoms with E-state index in [0.29, 0.717) is 40.3 Å². The van der Waals surface area contributed by atoms with E-state index in [2.05, 4.69) is 15.6 Å². The van der Waals surface area contributed by atoms with E-state index in [1.807, 2.05) is 43.3 Å². The van der Waals surface area contributed by atoms with Crippen LogP contribution in [0.5, 0.6) is 11.5 Å². The van der Waals surface area contributed by atoms with Crippen LogP contribution in [0.15, 0.2) is 66.7 Å². The highest BCUT2D eigenvalue weighted by Gasteiger charge is 2.14. The first-order valence-electron chi connectivity index (χ1n) is 10.3. The predicted molar refractivity (Wildman–Crippen MR) is 129 cm³/mol. The van der Waals surface area contributed by atoms with Gasteiger partial charge in [0.25, 0.3) is 0 Å². The minimum atomic E-state index is -0.290. The molecule has 4 aromatic rings. The normalized spacial score (nSPS) is 10.8. The molecule has 3 aromatic carbocycles. The third-order valence-corrected chi connectivity index (χ3v) is 5.48. The molecule has 0 saturated carbocycles. The standard InChI is InChI=1S/C24H22ClFN4O2S/c1-2-31-21-12-18(20(25)13-22(21)32-15-16-8-10-19(26)11-9-16)14-27-30-23(28-29-24(30)33)17-6-4-3-5-7-17/h3-13,27H,2,14-15H2,1H3,(H,29,33). The van der Waals surface area contributed by atoms with Crippen LogP contribution >= 0.6 is 23.8 Å². The first kappa shape index (κ1) is 22.8. The van der Waals surface area contributed by atoms with Gasteiger partial charge in [0.1, 0.15) is 12.4 Å². The third-order valence-electron chi connectivity index (χ3n) is 4.85. The van der Waals surface area contributed by atoms with Gasteiger partial charge in [-0.25, -0.2) is 14.2 Å². The second kappa shape index (κ2) is 10.5. The second-order valence-corrected chi connectivity index (χ2v) is 7.92. The van der Waals surface area contributed by atoms with E-state index in [9.17, 15) is 4.39 Å².